The van der Waals surface area contributed by atoms with Crippen molar-refractivity contribution < 1.29 is 9.18 Å². The lowest BCUT2D eigenvalue weighted by Crippen LogP contribution is -2.23. The van der Waals surface area contributed by atoms with Gasteiger partial charge in [0.15, 0.2) is 0 Å². The summed E-state index contributed by atoms with van der Waals surface area (Å²) in [5.74, 6) is -0.534. The molecule has 2 heterocycles. The van der Waals surface area contributed by atoms with Crippen molar-refractivity contribution in [3.05, 3.63) is 77.6 Å². The quantitative estimate of drug-likeness (QED) is 0.806. The standard InChI is InChI=1S/C17H15FN4O/c1-12-16(17(23)20-10-14-4-2-3-9-19-14)11-21-22(12)15-7-5-13(18)6-8-15/h2-9,11H,10H2,1H3,(H,20,23). The molecule has 23 heavy (non-hydrogen) atoms. The van der Waals surface area contributed by atoms with Gasteiger partial charge in [-0.3, -0.25) is 9.78 Å². The molecule has 5 nitrogen and oxygen atoms in total. The monoisotopic (exact) mass is 310 g/mol. The van der Waals surface area contributed by atoms with Gasteiger partial charge in [0.25, 0.3) is 5.91 Å². The number of aromatic nitrogens is 3. The number of nitrogens with zero attached hydrogens (tertiary/aromatic N) is 3. The molecule has 0 bridgehead atoms. The minimum absolute atomic E-state index is 0.221. The molecule has 0 spiro atoms. The maximum atomic E-state index is 13.0. The molecule has 3 rings (SSSR count). The van der Waals surface area contributed by atoms with Crippen LogP contribution in [0, 0.1) is 12.7 Å². The van der Waals surface area contributed by atoms with Crippen molar-refractivity contribution in [3.8, 4) is 5.69 Å². The zero-order valence-electron chi connectivity index (χ0n) is 12.5. The van der Waals surface area contributed by atoms with Gasteiger partial charge in [0.2, 0.25) is 0 Å². The van der Waals surface area contributed by atoms with Gasteiger partial charge in [-0.05, 0) is 43.3 Å². The van der Waals surface area contributed by atoms with Crippen LogP contribution in [0.2, 0.25) is 0 Å². The van der Waals surface area contributed by atoms with Gasteiger partial charge < -0.3 is 5.32 Å². The lowest BCUT2D eigenvalue weighted by Gasteiger charge is -2.06. The maximum Gasteiger partial charge on any atom is 0.255 e. The van der Waals surface area contributed by atoms with E-state index in [0.717, 1.165) is 5.69 Å². The zero-order chi connectivity index (χ0) is 16.2. The minimum Gasteiger partial charge on any atom is -0.346 e. The molecule has 3 aromatic rings. The Morgan fingerprint density at radius 3 is 2.70 bits per heavy atom. The second kappa shape index (κ2) is 6.39. The van der Waals surface area contributed by atoms with Crippen LogP contribution in [0.25, 0.3) is 5.69 Å². The van der Waals surface area contributed by atoms with Gasteiger partial charge in [-0.15, -0.1) is 0 Å². The maximum absolute atomic E-state index is 13.0. The summed E-state index contributed by atoms with van der Waals surface area (Å²) in [7, 11) is 0. The van der Waals surface area contributed by atoms with Crippen LogP contribution in [0.5, 0.6) is 0 Å². The first kappa shape index (κ1) is 14.9. The number of amides is 1. The van der Waals surface area contributed by atoms with Gasteiger partial charge in [-0.2, -0.15) is 5.10 Å². The van der Waals surface area contributed by atoms with Gasteiger partial charge in [-0.25, -0.2) is 9.07 Å². The third kappa shape index (κ3) is 3.26. The highest BCUT2D eigenvalue weighted by Gasteiger charge is 2.15. The Kier molecular flexibility index (Phi) is 4.14. The molecular weight excluding hydrogens is 295 g/mol. The van der Waals surface area contributed by atoms with Crippen molar-refractivity contribution in [3.63, 3.8) is 0 Å². The van der Waals surface area contributed by atoms with Gasteiger partial charge in [0.1, 0.15) is 5.82 Å². The predicted molar refractivity (Wildman–Crippen MR) is 83.7 cm³/mol. The zero-order valence-corrected chi connectivity index (χ0v) is 12.5. The van der Waals surface area contributed by atoms with Crippen molar-refractivity contribution in [2.45, 2.75) is 13.5 Å². The largest absolute Gasteiger partial charge is 0.346 e. The Bertz CT molecular complexity index is 812. The summed E-state index contributed by atoms with van der Waals surface area (Å²) in [5.41, 5.74) is 2.65. The van der Waals surface area contributed by atoms with E-state index in [-0.39, 0.29) is 11.7 Å². The molecule has 0 aliphatic rings. The molecular formula is C17H15FN4O. The van der Waals surface area contributed by atoms with Crippen LogP contribution in [-0.2, 0) is 6.54 Å². The van der Waals surface area contributed by atoms with Crippen molar-refractivity contribution >= 4 is 5.91 Å². The van der Waals surface area contributed by atoms with E-state index in [0.29, 0.717) is 23.5 Å². The summed E-state index contributed by atoms with van der Waals surface area (Å²) >= 11 is 0. The Balaban J connectivity index is 1.76. The van der Waals surface area contributed by atoms with Crippen molar-refractivity contribution in [2.24, 2.45) is 0 Å². The van der Waals surface area contributed by atoms with Crippen LogP contribution < -0.4 is 5.32 Å². The topological polar surface area (TPSA) is 59.8 Å². The molecule has 1 amide bonds. The lowest BCUT2D eigenvalue weighted by atomic mass is 10.2. The summed E-state index contributed by atoms with van der Waals surface area (Å²) < 4.78 is 14.6. The highest BCUT2D eigenvalue weighted by atomic mass is 19.1. The molecule has 1 aromatic carbocycles. The number of benzene rings is 1. The van der Waals surface area contributed by atoms with Crippen LogP contribution in [0.15, 0.2) is 54.9 Å². The summed E-state index contributed by atoms with van der Waals surface area (Å²) in [6.45, 7) is 2.15. The molecule has 0 aliphatic heterocycles. The van der Waals surface area contributed by atoms with Crippen molar-refractivity contribution in [2.75, 3.05) is 0 Å². The van der Waals surface area contributed by atoms with E-state index >= 15 is 0 Å². The average molecular weight is 310 g/mol. The molecule has 0 radical (unpaired) electrons. The Morgan fingerprint density at radius 2 is 2.00 bits per heavy atom. The number of hydrogen-bond acceptors (Lipinski definition) is 3. The molecule has 2 aromatic heterocycles. The van der Waals surface area contributed by atoms with Crippen LogP contribution in [0.4, 0.5) is 4.39 Å². The highest BCUT2D eigenvalue weighted by molar-refractivity contribution is 5.95. The molecule has 116 valence electrons. The summed E-state index contributed by atoms with van der Waals surface area (Å²) in [4.78, 5) is 16.4. The number of hydrogen-bond donors (Lipinski definition) is 1. The van der Waals surface area contributed by atoms with Crippen molar-refractivity contribution in [1.82, 2.24) is 20.1 Å². The third-order valence-corrected chi connectivity index (χ3v) is 3.48. The fourth-order valence-electron chi connectivity index (χ4n) is 2.24. The predicted octanol–water partition coefficient (Wildman–Crippen LogP) is 2.64. The van der Waals surface area contributed by atoms with Gasteiger partial charge in [0.05, 0.1) is 35.4 Å². The van der Waals surface area contributed by atoms with E-state index in [1.165, 1.54) is 18.3 Å². The fraction of sp³-hybridized carbons (Fsp3) is 0.118. The fourth-order valence-corrected chi connectivity index (χ4v) is 2.24. The molecule has 0 fully saturated rings. The SMILES string of the molecule is Cc1c(C(=O)NCc2ccccn2)cnn1-c1ccc(F)cc1. The van der Waals surface area contributed by atoms with E-state index in [2.05, 4.69) is 15.4 Å². The Morgan fingerprint density at radius 1 is 1.22 bits per heavy atom. The lowest BCUT2D eigenvalue weighted by molar-refractivity contribution is 0.0950. The third-order valence-electron chi connectivity index (χ3n) is 3.48. The summed E-state index contributed by atoms with van der Waals surface area (Å²) in [5, 5.41) is 7.02. The summed E-state index contributed by atoms with van der Waals surface area (Å²) in [6.07, 6.45) is 3.19. The number of nitrogens with one attached hydrogen (secondary N) is 1. The normalized spacial score (nSPS) is 10.5. The Hall–Kier alpha value is -3.02. The van der Waals surface area contributed by atoms with E-state index < -0.39 is 0 Å². The molecule has 0 saturated carbocycles. The molecule has 6 heteroatoms. The van der Waals surface area contributed by atoms with Crippen molar-refractivity contribution in [1.29, 1.82) is 0 Å². The van der Waals surface area contributed by atoms with Crippen LogP contribution in [0.1, 0.15) is 21.7 Å². The van der Waals surface area contributed by atoms with Gasteiger partial charge >= 0.3 is 0 Å². The molecule has 0 atom stereocenters. The minimum atomic E-state index is -0.313. The number of carbonyl (C=O) groups is 1. The number of halogens is 1. The van der Waals surface area contributed by atoms with E-state index in [9.17, 15) is 9.18 Å². The van der Waals surface area contributed by atoms with Gasteiger partial charge in [0, 0.05) is 6.20 Å². The first-order valence-electron chi connectivity index (χ1n) is 7.14. The molecule has 1 N–H and O–H groups in total. The van der Waals surface area contributed by atoms with Gasteiger partial charge in [-0.1, -0.05) is 6.07 Å². The first-order valence-corrected chi connectivity index (χ1v) is 7.14. The molecule has 0 unspecified atom stereocenters. The molecule has 0 saturated heterocycles. The van der Waals surface area contributed by atoms with Crippen LogP contribution in [-0.4, -0.2) is 20.7 Å². The second-order valence-corrected chi connectivity index (χ2v) is 5.04. The van der Waals surface area contributed by atoms with Crippen LogP contribution >= 0.6 is 0 Å². The number of pyridine rings is 1. The number of rotatable bonds is 4. The first-order chi connectivity index (χ1) is 11.1. The summed E-state index contributed by atoms with van der Waals surface area (Å²) in [6, 6.07) is 11.5. The Labute approximate surface area is 132 Å². The second-order valence-electron chi connectivity index (χ2n) is 5.04. The highest BCUT2D eigenvalue weighted by Crippen LogP contribution is 2.14. The van der Waals surface area contributed by atoms with E-state index in [1.54, 1.807) is 29.9 Å². The molecule has 0 aliphatic carbocycles. The van der Waals surface area contributed by atoms with E-state index in [4.69, 9.17) is 0 Å². The average Bonchev–Trinajstić information content (AvgIpc) is 2.96. The van der Waals surface area contributed by atoms with E-state index in [1.807, 2.05) is 18.2 Å². The smallest absolute Gasteiger partial charge is 0.255 e. The van der Waals surface area contributed by atoms with Crippen LogP contribution in [0.3, 0.4) is 0 Å². The number of carbonyl (C=O) groups excluding carboxylic acids is 1.